The molecule has 3 fully saturated rings. The van der Waals surface area contributed by atoms with E-state index in [1.807, 2.05) is 12.1 Å². The van der Waals surface area contributed by atoms with Crippen molar-refractivity contribution < 1.29 is 18.8 Å². The van der Waals surface area contributed by atoms with E-state index in [1.165, 1.54) is 0 Å². The van der Waals surface area contributed by atoms with E-state index >= 15 is 0 Å². The molecule has 2 N–H and O–H groups in total. The monoisotopic (exact) mass is 444 g/mol. The molecule has 174 valence electrons. The van der Waals surface area contributed by atoms with Gasteiger partial charge >= 0.3 is 6.03 Å². The van der Waals surface area contributed by atoms with Crippen LogP contribution in [-0.4, -0.2) is 65.4 Å². The Kier molecular flexibility index (Phi) is 6.25. The number of piperidine rings is 1. The van der Waals surface area contributed by atoms with Gasteiger partial charge in [0, 0.05) is 31.1 Å². The molecule has 2 aliphatic heterocycles. The Labute approximate surface area is 188 Å². The predicted molar refractivity (Wildman–Crippen MR) is 118 cm³/mol. The van der Waals surface area contributed by atoms with Gasteiger partial charge in [0.15, 0.2) is 0 Å². The first-order valence-corrected chi connectivity index (χ1v) is 11.6. The van der Waals surface area contributed by atoms with Gasteiger partial charge in [-0.1, -0.05) is 31.0 Å². The van der Waals surface area contributed by atoms with Crippen molar-refractivity contribution in [2.24, 2.45) is 0 Å². The number of rotatable bonds is 6. The molecule has 0 atom stereocenters. The molecule has 7 nitrogen and oxygen atoms in total. The highest BCUT2D eigenvalue weighted by atomic mass is 19.1. The van der Waals surface area contributed by atoms with E-state index in [-0.39, 0.29) is 35.6 Å². The third-order valence-electron chi connectivity index (χ3n) is 7.23. The molecule has 0 radical (unpaired) electrons. The molecule has 1 aromatic rings. The van der Waals surface area contributed by atoms with Crippen LogP contribution in [-0.2, 0) is 15.0 Å². The second kappa shape index (κ2) is 8.81. The highest BCUT2D eigenvalue weighted by Gasteiger charge is 2.45. The minimum atomic E-state index is -0.975. The van der Waals surface area contributed by atoms with Gasteiger partial charge in [0.05, 0.1) is 0 Å². The van der Waals surface area contributed by atoms with Crippen LogP contribution >= 0.6 is 0 Å². The smallest absolute Gasteiger partial charge is 0.325 e. The molecule has 0 unspecified atom stereocenters. The van der Waals surface area contributed by atoms with Crippen LogP contribution in [0.5, 0.6) is 0 Å². The third kappa shape index (κ3) is 4.51. The van der Waals surface area contributed by atoms with Crippen LogP contribution in [0.2, 0.25) is 0 Å². The maximum Gasteiger partial charge on any atom is 0.325 e. The fraction of sp³-hybridized carbons (Fsp3) is 0.625. The molecule has 4 amide bonds. The van der Waals surface area contributed by atoms with Crippen LogP contribution in [0.25, 0.3) is 0 Å². The maximum atomic E-state index is 14.6. The molecule has 1 saturated carbocycles. The number of amides is 4. The first-order valence-electron chi connectivity index (χ1n) is 11.6. The molecule has 8 heteroatoms. The Morgan fingerprint density at radius 3 is 2.41 bits per heavy atom. The lowest BCUT2D eigenvalue weighted by molar-refractivity contribution is -0.134. The summed E-state index contributed by atoms with van der Waals surface area (Å²) >= 11 is 0. The van der Waals surface area contributed by atoms with E-state index in [2.05, 4.69) is 15.5 Å². The zero-order chi connectivity index (χ0) is 22.9. The largest absolute Gasteiger partial charge is 0.352 e. The van der Waals surface area contributed by atoms with E-state index < -0.39 is 11.6 Å². The van der Waals surface area contributed by atoms with Crippen LogP contribution in [0.3, 0.4) is 0 Å². The maximum absolute atomic E-state index is 14.6. The van der Waals surface area contributed by atoms with E-state index in [0.717, 1.165) is 68.6 Å². The highest BCUT2D eigenvalue weighted by Crippen LogP contribution is 2.43. The first-order chi connectivity index (χ1) is 15.2. The van der Waals surface area contributed by atoms with Crippen molar-refractivity contribution in [3.05, 3.63) is 35.6 Å². The summed E-state index contributed by atoms with van der Waals surface area (Å²) in [6, 6.07) is 6.65. The molecule has 2 heterocycles. The summed E-state index contributed by atoms with van der Waals surface area (Å²) in [6.45, 7) is 5.49. The topological polar surface area (TPSA) is 81.8 Å². The molecule has 1 aromatic carbocycles. The van der Waals surface area contributed by atoms with Crippen LogP contribution in [0.4, 0.5) is 9.18 Å². The standard InChI is InChI=1S/C24H33FN4O3/c1-23(2)21(31)29(22(32)27-23)15-20(30)26-17-9-13-28(14-10-17)16-24(11-5-6-12-24)18-7-3-4-8-19(18)25/h3-4,7-8,17H,5-6,9-16H2,1-2H3,(H,26,30)(H,27,32). The number of hydrogen-bond donors (Lipinski definition) is 2. The number of carbonyl (C=O) groups excluding carboxylic acids is 3. The van der Waals surface area contributed by atoms with E-state index in [0.29, 0.717) is 0 Å². The Hall–Kier alpha value is -2.48. The van der Waals surface area contributed by atoms with Crippen molar-refractivity contribution in [2.75, 3.05) is 26.2 Å². The van der Waals surface area contributed by atoms with Gasteiger partial charge in [-0.25, -0.2) is 9.18 Å². The van der Waals surface area contributed by atoms with Gasteiger partial charge in [0.25, 0.3) is 5.91 Å². The molecular weight excluding hydrogens is 411 g/mol. The summed E-state index contributed by atoms with van der Waals surface area (Å²) in [5.41, 5.74) is -0.265. The number of hydrogen-bond acceptors (Lipinski definition) is 4. The number of imide groups is 1. The Balaban J connectivity index is 1.30. The van der Waals surface area contributed by atoms with Crippen molar-refractivity contribution in [1.82, 2.24) is 20.4 Å². The molecule has 4 rings (SSSR count). The quantitative estimate of drug-likeness (QED) is 0.661. The van der Waals surface area contributed by atoms with Gasteiger partial charge in [0.2, 0.25) is 5.91 Å². The van der Waals surface area contributed by atoms with Gasteiger partial charge < -0.3 is 15.5 Å². The van der Waals surface area contributed by atoms with Crippen LogP contribution in [0.1, 0.15) is 57.9 Å². The van der Waals surface area contributed by atoms with E-state index in [9.17, 15) is 18.8 Å². The second-order valence-corrected chi connectivity index (χ2v) is 10.0. The summed E-state index contributed by atoms with van der Waals surface area (Å²) < 4.78 is 14.6. The summed E-state index contributed by atoms with van der Waals surface area (Å²) in [5, 5.41) is 5.57. The lowest BCUT2D eigenvalue weighted by Crippen LogP contribution is -2.50. The second-order valence-electron chi connectivity index (χ2n) is 10.0. The normalized spacial score (nSPS) is 23.4. The Morgan fingerprint density at radius 1 is 1.16 bits per heavy atom. The van der Waals surface area contributed by atoms with Crippen molar-refractivity contribution in [2.45, 2.75) is 69.4 Å². The molecule has 0 bridgehead atoms. The summed E-state index contributed by atoms with van der Waals surface area (Å²) in [4.78, 5) is 40.1. The van der Waals surface area contributed by atoms with Crippen molar-refractivity contribution in [3.63, 3.8) is 0 Å². The zero-order valence-corrected chi connectivity index (χ0v) is 19.0. The molecule has 1 aliphatic carbocycles. The zero-order valence-electron chi connectivity index (χ0n) is 19.0. The number of likely N-dealkylation sites (tertiary alicyclic amines) is 1. The minimum absolute atomic E-state index is 0.0144. The summed E-state index contributed by atoms with van der Waals surface area (Å²) in [6.07, 6.45) is 5.86. The number of nitrogens with one attached hydrogen (secondary N) is 2. The number of urea groups is 1. The average molecular weight is 445 g/mol. The van der Waals surface area contributed by atoms with Crippen LogP contribution in [0.15, 0.2) is 24.3 Å². The number of nitrogens with zero attached hydrogens (tertiary/aromatic N) is 2. The van der Waals surface area contributed by atoms with Crippen molar-refractivity contribution in [3.8, 4) is 0 Å². The van der Waals surface area contributed by atoms with Crippen molar-refractivity contribution >= 4 is 17.8 Å². The number of carbonyl (C=O) groups is 3. The van der Waals surface area contributed by atoms with Crippen LogP contribution < -0.4 is 10.6 Å². The van der Waals surface area contributed by atoms with Gasteiger partial charge in [-0.2, -0.15) is 0 Å². The first kappa shape index (κ1) is 22.7. The summed E-state index contributed by atoms with van der Waals surface area (Å²) in [5.74, 6) is -0.814. The van der Waals surface area contributed by atoms with Crippen molar-refractivity contribution in [1.29, 1.82) is 0 Å². The molecular formula is C24H33FN4O3. The molecule has 3 aliphatic rings. The van der Waals surface area contributed by atoms with Gasteiger partial charge in [-0.15, -0.1) is 0 Å². The third-order valence-corrected chi connectivity index (χ3v) is 7.23. The molecule has 0 spiro atoms. The molecule has 0 aromatic heterocycles. The number of benzene rings is 1. The lowest BCUT2D eigenvalue weighted by Gasteiger charge is -2.39. The predicted octanol–water partition coefficient (Wildman–Crippen LogP) is 2.55. The summed E-state index contributed by atoms with van der Waals surface area (Å²) in [7, 11) is 0. The van der Waals surface area contributed by atoms with E-state index in [4.69, 9.17) is 0 Å². The Bertz CT molecular complexity index is 889. The lowest BCUT2D eigenvalue weighted by atomic mass is 9.77. The fourth-order valence-corrected chi connectivity index (χ4v) is 5.50. The van der Waals surface area contributed by atoms with Gasteiger partial charge in [-0.05, 0) is 51.2 Å². The fourth-order valence-electron chi connectivity index (χ4n) is 5.50. The van der Waals surface area contributed by atoms with Crippen LogP contribution in [0, 0.1) is 5.82 Å². The average Bonchev–Trinajstić information content (AvgIpc) is 3.28. The minimum Gasteiger partial charge on any atom is -0.352 e. The highest BCUT2D eigenvalue weighted by molar-refractivity contribution is 6.08. The molecule has 2 saturated heterocycles. The van der Waals surface area contributed by atoms with Gasteiger partial charge in [0.1, 0.15) is 17.9 Å². The molecule has 32 heavy (non-hydrogen) atoms. The SMILES string of the molecule is CC1(C)NC(=O)N(CC(=O)NC2CCN(CC3(c4ccccc4F)CCCC3)CC2)C1=O. The van der Waals surface area contributed by atoms with Gasteiger partial charge in [-0.3, -0.25) is 14.5 Å². The Morgan fingerprint density at radius 2 is 1.81 bits per heavy atom. The van der Waals surface area contributed by atoms with E-state index in [1.54, 1.807) is 26.0 Å². The number of halogens is 1.